The van der Waals surface area contributed by atoms with Gasteiger partial charge in [0.15, 0.2) is 11.6 Å². The molecule has 0 aliphatic rings. The van der Waals surface area contributed by atoms with Crippen molar-refractivity contribution >= 4 is 10.9 Å². The second-order valence-corrected chi connectivity index (χ2v) is 4.72. The van der Waals surface area contributed by atoms with E-state index < -0.39 is 34.9 Å². The maximum absolute atomic E-state index is 14.3. The minimum atomic E-state index is -5.27. The third kappa shape index (κ3) is 2.92. The fraction of sp³-hybridized carbons (Fsp3) is 0.0667. The lowest BCUT2D eigenvalue weighted by molar-refractivity contribution is -0.276. The lowest BCUT2D eigenvalue weighted by atomic mass is 10.1. The predicted octanol–water partition coefficient (Wildman–Crippen LogP) is 3.77. The number of alkyl halides is 3. The van der Waals surface area contributed by atoms with Crippen molar-refractivity contribution in [2.24, 2.45) is 0 Å². The first-order valence-electron chi connectivity index (χ1n) is 6.49. The molecule has 1 heterocycles. The lowest BCUT2D eigenvalue weighted by Gasteiger charge is -2.12. The molecule has 124 valence electrons. The maximum atomic E-state index is 14.3. The molecular weight excluding hydrogens is 335 g/mol. The number of hydrogen-bond donors (Lipinski definition) is 1. The minimum Gasteiger partial charge on any atom is -0.399 e. The number of aromatic nitrogens is 2. The van der Waals surface area contributed by atoms with Crippen molar-refractivity contribution in [3.05, 3.63) is 58.4 Å². The Morgan fingerprint density at radius 2 is 1.75 bits per heavy atom. The molecule has 0 atom stereocenters. The molecule has 0 saturated carbocycles. The highest BCUT2D eigenvalue weighted by atomic mass is 19.4. The molecule has 0 aliphatic carbocycles. The van der Waals surface area contributed by atoms with Crippen molar-refractivity contribution in [2.75, 3.05) is 0 Å². The van der Waals surface area contributed by atoms with Crippen LogP contribution in [-0.4, -0.2) is 16.3 Å². The predicted molar refractivity (Wildman–Crippen MR) is 74.4 cm³/mol. The van der Waals surface area contributed by atoms with Crippen molar-refractivity contribution in [3.8, 4) is 17.1 Å². The van der Waals surface area contributed by atoms with Gasteiger partial charge in [-0.25, -0.2) is 13.8 Å². The van der Waals surface area contributed by atoms with Gasteiger partial charge in [-0.15, -0.1) is 13.2 Å². The number of fused-ring (bicyclic) bond motifs is 1. The zero-order chi connectivity index (χ0) is 17.5. The third-order valence-electron chi connectivity index (χ3n) is 3.13. The Morgan fingerprint density at radius 3 is 2.46 bits per heavy atom. The number of para-hydroxylation sites is 1. The van der Waals surface area contributed by atoms with E-state index >= 15 is 0 Å². The number of benzene rings is 2. The van der Waals surface area contributed by atoms with E-state index in [0.29, 0.717) is 6.07 Å². The Bertz CT molecular complexity index is 982. The smallest absolute Gasteiger partial charge is 0.399 e. The minimum absolute atomic E-state index is 0.207. The molecule has 0 fully saturated rings. The summed E-state index contributed by atoms with van der Waals surface area (Å²) in [5.74, 6) is -5.11. The average Bonchev–Trinajstić information content (AvgIpc) is 2.50. The van der Waals surface area contributed by atoms with E-state index in [1.165, 1.54) is 12.1 Å². The normalized spacial score (nSPS) is 11.7. The van der Waals surface area contributed by atoms with Gasteiger partial charge in [0.2, 0.25) is 5.75 Å². The van der Waals surface area contributed by atoms with Crippen molar-refractivity contribution in [3.63, 3.8) is 0 Å². The largest absolute Gasteiger partial charge is 0.573 e. The summed E-state index contributed by atoms with van der Waals surface area (Å²) in [5, 5.41) is 0.218. The molecule has 3 aromatic rings. The van der Waals surface area contributed by atoms with Gasteiger partial charge in [0.1, 0.15) is 5.82 Å². The molecule has 0 amide bonds. The third-order valence-corrected chi connectivity index (χ3v) is 3.13. The first-order valence-corrected chi connectivity index (χ1v) is 6.49. The van der Waals surface area contributed by atoms with Gasteiger partial charge in [0.05, 0.1) is 16.5 Å². The van der Waals surface area contributed by atoms with Crippen LogP contribution in [-0.2, 0) is 0 Å². The fourth-order valence-electron chi connectivity index (χ4n) is 2.14. The van der Waals surface area contributed by atoms with Gasteiger partial charge in [-0.2, -0.15) is 0 Å². The second-order valence-electron chi connectivity index (χ2n) is 4.72. The van der Waals surface area contributed by atoms with Crippen LogP contribution in [0.3, 0.4) is 0 Å². The Morgan fingerprint density at radius 1 is 1.04 bits per heavy atom. The molecule has 1 aromatic heterocycles. The van der Waals surface area contributed by atoms with E-state index in [0.717, 1.165) is 6.07 Å². The van der Waals surface area contributed by atoms with Crippen LogP contribution in [0.1, 0.15) is 0 Å². The Kier molecular flexibility index (Phi) is 3.70. The van der Waals surface area contributed by atoms with Gasteiger partial charge in [-0.3, -0.25) is 4.79 Å². The molecule has 0 aliphatic heterocycles. The Labute approximate surface area is 130 Å². The van der Waals surface area contributed by atoms with Crippen molar-refractivity contribution in [1.82, 2.24) is 9.97 Å². The Balaban J connectivity index is 2.20. The maximum Gasteiger partial charge on any atom is 0.573 e. The standard InChI is InChI=1S/C15H7F5N2O2/c16-9-6-5-8(11(17)12(9)24-15(18,19)20)13-21-10-4-2-1-3-7(10)14(23)22-13/h1-6H,(H,21,22,23). The summed E-state index contributed by atoms with van der Waals surface area (Å²) in [6.07, 6.45) is -5.27. The van der Waals surface area contributed by atoms with Gasteiger partial charge in [-0.1, -0.05) is 12.1 Å². The number of ether oxygens (including phenoxy) is 1. The van der Waals surface area contributed by atoms with E-state index in [2.05, 4.69) is 14.7 Å². The highest BCUT2D eigenvalue weighted by Gasteiger charge is 2.35. The van der Waals surface area contributed by atoms with E-state index in [1.54, 1.807) is 12.1 Å². The summed E-state index contributed by atoms with van der Waals surface area (Å²) in [5.41, 5.74) is -0.936. The highest BCUT2D eigenvalue weighted by Crippen LogP contribution is 2.33. The molecule has 1 N–H and O–H groups in total. The molecule has 0 radical (unpaired) electrons. The van der Waals surface area contributed by atoms with Gasteiger partial charge in [0.25, 0.3) is 5.56 Å². The molecule has 4 nitrogen and oxygen atoms in total. The molecule has 0 unspecified atom stereocenters. The second kappa shape index (κ2) is 5.59. The van der Waals surface area contributed by atoms with Crippen LogP contribution in [0.15, 0.2) is 41.2 Å². The van der Waals surface area contributed by atoms with Gasteiger partial charge < -0.3 is 9.72 Å². The zero-order valence-electron chi connectivity index (χ0n) is 11.6. The molecule has 0 saturated heterocycles. The number of nitrogens with one attached hydrogen (secondary N) is 1. The van der Waals surface area contributed by atoms with E-state index in [4.69, 9.17) is 0 Å². The SMILES string of the molecule is O=c1[nH]c(-c2ccc(F)c(OC(F)(F)F)c2F)nc2ccccc12. The highest BCUT2D eigenvalue weighted by molar-refractivity contribution is 5.79. The van der Waals surface area contributed by atoms with Crippen LogP contribution in [0.25, 0.3) is 22.3 Å². The molecule has 9 heteroatoms. The quantitative estimate of drug-likeness (QED) is 0.722. The van der Waals surface area contributed by atoms with Crippen molar-refractivity contribution in [1.29, 1.82) is 0 Å². The number of H-pyrrole nitrogens is 1. The van der Waals surface area contributed by atoms with E-state index in [-0.39, 0.29) is 16.7 Å². The van der Waals surface area contributed by atoms with Crippen LogP contribution >= 0.6 is 0 Å². The first kappa shape index (κ1) is 15.9. The topological polar surface area (TPSA) is 55.0 Å². The van der Waals surface area contributed by atoms with Crippen LogP contribution in [0.5, 0.6) is 5.75 Å². The summed E-state index contributed by atoms with van der Waals surface area (Å²) in [6.45, 7) is 0. The van der Waals surface area contributed by atoms with Crippen LogP contribution in [0, 0.1) is 11.6 Å². The van der Waals surface area contributed by atoms with Gasteiger partial charge in [-0.05, 0) is 24.3 Å². The first-order chi connectivity index (χ1) is 11.3. The summed E-state index contributed by atoms with van der Waals surface area (Å²) < 4.78 is 67.9. The van der Waals surface area contributed by atoms with Crippen molar-refractivity contribution < 1.29 is 26.7 Å². The fourth-order valence-corrected chi connectivity index (χ4v) is 2.14. The molecule has 0 spiro atoms. The molecule has 3 rings (SSSR count). The van der Waals surface area contributed by atoms with Gasteiger partial charge >= 0.3 is 6.36 Å². The van der Waals surface area contributed by atoms with Crippen LogP contribution in [0.2, 0.25) is 0 Å². The summed E-state index contributed by atoms with van der Waals surface area (Å²) in [4.78, 5) is 18.2. The Hall–Kier alpha value is -2.97. The number of rotatable bonds is 2. The number of nitrogens with zero attached hydrogens (tertiary/aromatic N) is 1. The average molecular weight is 342 g/mol. The van der Waals surface area contributed by atoms with Gasteiger partial charge in [0, 0.05) is 0 Å². The summed E-state index contributed by atoms with van der Waals surface area (Å²) >= 11 is 0. The lowest BCUT2D eigenvalue weighted by Crippen LogP contribution is -2.19. The van der Waals surface area contributed by atoms with E-state index in [9.17, 15) is 26.7 Å². The van der Waals surface area contributed by atoms with E-state index in [1.807, 2.05) is 0 Å². The van der Waals surface area contributed by atoms with Crippen LogP contribution < -0.4 is 10.3 Å². The molecule has 24 heavy (non-hydrogen) atoms. The molecule has 2 aromatic carbocycles. The molecular formula is C15H7F5N2O2. The monoisotopic (exact) mass is 342 g/mol. The number of aromatic amines is 1. The van der Waals surface area contributed by atoms with Crippen molar-refractivity contribution in [2.45, 2.75) is 6.36 Å². The summed E-state index contributed by atoms with van der Waals surface area (Å²) in [7, 11) is 0. The zero-order valence-corrected chi connectivity index (χ0v) is 11.6. The van der Waals surface area contributed by atoms with Crippen LogP contribution in [0.4, 0.5) is 22.0 Å². The molecule has 0 bridgehead atoms. The number of hydrogen-bond acceptors (Lipinski definition) is 3. The summed E-state index contributed by atoms with van der Waals surface area (Å²) in [6, 6.07) is 7.58. The number of halogens is 5.